The molecule has 21 heavy (non-hydrogen) atoms. The van der Waals surface area contributed by atoms with Crippen molar-refractivity contribution in [1.29, 1.82) is 0 Å². The number of carbonyl (C=O) groups is 2. The summed E-state index contributed by atoms with van der Waals surface area (Å²) in [6, 6.07) is 1.73. The lowest BCUT2D eigenvalue weighted by atomic mass is 10.1. The highest BCUT2D eigenvalue weighted by atomic mass is 35.5. The predicted octanol–water partition coefficient (Wildman–Crippen LogP) is 3.52. The largest absolute Gasteiger partial charge is 0.493 e. The van der Waals surface area contributed by atoms with Gasteiger partial charge in [-0.3, -0.25) is 4.79 Å². The second-order valence-electron chi connectivity index (χ2n) is 4.44. The minimum atomic E-state index is -0.591. The average Bonchev–Trinajstić information content (AvgIpc) is 2.83. The molecule has 0 aliphatic carbocycles. The second kappa shape index (κ2) is 6.18. The van der Waals surface area contributed by atoms with Gasteiger partial charge < -0.3 is 14.5 Å². The highest BCUT2D eigenvalue weighted by Crippen LogP contribution is 2.38. The number of carbonyl (C=O) groups excluding carboxylic acids is 2. The first-order valence-corrected chi connectivity index (χ1v) is 7.02. The maximum atomic E-state index is 12.0. The molecule has 2 aromatic rings. The van der Waals surface area contributed by atoms with E-state index in [1.54, 1.807) is 13.0 Å². The van der Waals surface area contributed by atoms with Crippen LogP contribution in [0.5, 0.6) is 5.75 Å². The molecule has 0 aliphatic heterocycles. The normalized spacial score (nSPS) is 10.7. The number of fused-ring (bicyclic) bond motifs is 1. The standard InChI is InChI=1S/C15H16ClNO4/c1-4-20-14-8(3)6-10(16)13-11(14)9(7-18)12(17-13)15(19)21-5-2/h6-7,17H,4-5H2,1-3H3. The molecule has 0 unspecified atom stereocenters. The van der Waals surface area contributed by atoms with Crippen LogP contribution in [0.2, 0.25) is 5.02 Å². The van der Waals surface area contributed by atoms with Crippen LogP contribution in [-0.4, -0.2) is 30.5 Å². The van der Waals surface area contributed by atoms with E-state index in [4.69, 9.17) is 21.1 Å². The summed E-state index contributed by atoms with van der Waals surface area (Å²) in [5.41, 5.74) is 1.59. The minimum Gasteiger partial charge on any atom is -0.493 e. The van der Waals surface area contributed by atoms with Gasteiger partial charge in [0.25, 0.3) is 0 Å². The van der Waals surface area contributed by atoms with Crippen molar-refractivity contribution in [2.75, 3.05) is 13.2 Å². The number of nitrogens with one attached hydrogen (secondary N) is 1. The van der Waals surface area contributed by atoms with Crippen LogP contribution >= 0.6 is 11.6 Å². The first-order chi connectivity index (χ1) is 10.0. The van der Waals surface area contributed by atoms with Crippen molar-refractivity contribution in [3.8, 4) is 5.75 Å². The zero-order chi connectivity index (χ0) is 15.6. The fraction of sp³-hybridized carbons (Fsp3) is 0.333. The fourth-order valence-electron chi connectivity index (χ4n) is 2.27. The van der Waals surface area contributed by atoms with Gasteiger partial charge in [0.15, 0.2) is 6.29 Å². The van der Waals surface area contributed by atoms with Gasteiger partial charge in [0.05, 0.1) is 34.7 Å². The highest BCUT2D eigenvalue weighted by Gasteiger charge is 2.23. The van der Waals surface area contributed by atoms with Crippen molar-refractivity contribution < 1.29 is 19.1 Å². The van der Waals surface area contributed by atoms with E-state index in [0.29, 0.717) is 34.6 Å². The Morgan fingerprint density at radius 1 is 1.38 bits per heavy atom. The third-order valence-corrected chi connectivity index (χ3v) is 3.39. The van der Waals surface area contributed by atoms with Crippen molar-refractivity contribution in [2.45, 2.75) is 20.8 Å². The number of rotatable bonds is 5. The van der Waals surface area contributed by atoms with Crippen LogP contribution in [0, 0.1) is 6.92 Å². The molecule has 6 heteroatoms. The zero-order valence-corrected chi connectivity index (χ0v) is 12.8. The summed E-state index contributed by atoms with van der Waals surface area (Å²) in [7, 11) is 0. The molecule has 1 N–H and O–H groups in total. The van der Waals surface area contributed by atoms with Crippen LogP contribution in [0.4, 0.5) is 0 Å². The molecular formula is C15H16ClNO4. The van der Waals surface area contributed by atoms with Crippen molar-refractivity contribution in [1.82, 2.24) is 4.98 Å². The van der Waals surface area contributed by atoms with Gasteiger partial charge in [-0.15, -0.1) is 0 Å². The van der Waals surface area contributed by atoms with Gasteiger partial charge in [-0.25, -0.2) is 4.79 Å². The van der Waals surface area contributed by atoms with E-state index in [2.05, 4.69) is 4.98 Å². The van der Waals surface area contributed by atoms with Gasteiger partial charge in [-0.1, -0.05) is 11.6 Å². The number of hydrogen-bond acceptors (Lipinski definition) is 4. The van der Waals surface area contributed by atoms with Crippen molar-refractivity contribution in [2.24, 2.45) is 0 Å². The Labute approximate surface area is 127 Å². The Kier molecular flexibility index (Phi) is 4.53. The molecule has 1 heterocycles. The van der Waals surface area contributed by atoms with Gasteiger partial charge in [0, 0.05) is 0 Å². The number of halogens is 1. The molecule has 5 nitrogen and oxygen atoms in total. The lowest BCUT2D eigenvalue weighted by molar-refractivity contribution is 0.0518. The van der Waals surface area contributed by atoms with Crippen molar-refractivity contribution >= 4 is 34.8 Å². The molecule has 0 aliphatic rings. The quantitative estimate of drug-likeness (QED) is 0.678. The van der Waals surface area contributed by atoms with E-state index in [1.807, 2.05) is 13.8 Å². The van der Waals surface area contributed by atoms with Crippen LogP contribution in [0.1, 0.15) is 40.3 Å². The fourth-order valence-corrected chi connectivity index (χ4v) is 2.57. The molecule has 0 spiro atoms. The molecule has 0 fully saturated rings. The van der Waals surface area contributed by atoms with Gasteiger partial charge in [-0.2, -0.15) is 0 Å². The highest BCUT2D eigenvalue weighted by molar-refractivity contribution is 6.36. The van der Waals surface area contributed by atoms with Crippen LogP contribution in [0.25, 0.3) is 10.9 Å². The van der Waals surface area contributed by atoms with Gasteiger partial charge in [0.2, 0.25) is 0 Å². The summed E-state index contributed by atoms with van der Waals surface area (Å²) >= 11 is 6.20. The summed E-state index contributed by atoms with van der Waals surface area (Å²) in [6.45, 7) is 6.04. The molecule has 0 amide bonds. The number of benzene rings is 1. The monoisotopic (exact) mass is 309 g/mol. The van der Waals surface area contributed by atoms with Gasteiger partial charge in [-0.05, 0) is 32.4 Å². The van der Waals surface area contributed by atoms with E-state index >= 15 is 0 Å². The maximum absolute atomic E-state index is 12.0. The Balaban J connectivity index is 2.81. The summed E-state index contributed by atoms with van der Waals surface area (Å²) in [5.74, 6) is -0.0437. The molecule has 0 saturated heterocycles. The zero-order valence-electron chi connectivity index (χ0n) is 12.1. The lowest BCUT2D eigenvalue weighted by Gasteiger charge is -2.10. The third kappa shape index (κ3) is 2.61. The summed E-state index contributed by atoms with van der Waals surface area (Å²) in [6.07, 6.45) is 0.614. The van der Waals surface area contributed by atoms with E-state index in [-0.39, 0.29) is 17.9 Å². The van der Waals surface area contributed by atoms with Gasteiger partial charge >= 0.3 is 5.97 Å². The smallest absolute Gasteiger partial charge is 0.355 e. The van der Waals surface area contributed by atoms with E-state index < -0.39 is 5.97 Å². The number of aryl methyl sites for hydroxylation is 1. The molecule has 0 radical (unpaired) electrons. The SMILES string of the molecule is CCOC(=O)c1[nH]c2c(Cl)cc(C)c(OCC)c2c1C=O. The Morgan fingerprint density at radius 2 is 2.10 bits per heavy atom. The molecule has 1 aromatic heterocycles. The number of aromatic nitrogens is 1. The van der Waals surface area contributed by atoms with Crippen LogP contribution in [-0.2, 0) is 4.74 Å². The first kappa shape index (κ1) is 15.4. The summed E-state index contributed by atoms with van der Waals surface area (Å²) in [4.78, 5) is 26.3. The Morgan fingerprint density at radius 3 is 2.67 bits per heavy atom. The Bertz CT molecular complexity index is 705. The predicted molar refractivity (Wildman–Crippen MR) is 80.6 cm³/mol. The molecule has 112 valence electrons. The molecule has 1 aromatic carbocycles. The molecule has 0 atom stereocenters. The van der Waals surface area contributed by atoms with E-state index in [0.717, 1.165) is 5.56 Å². The van der Waals surface area contributed by atoms with E-state index in [9.17, 15) is 9.59 Å². The van der Waals surface area contributed by atoms with Crippen molar-refractivity contribution in [3.63, 3.8) is 0 Å². The first-order valence-electron chi connectivity index (χ1n) is 6.64. The second-order valence-corrected chi connectivity index (χ2v) is 4.85. The third-order valence-electron chi connectivity index (χ3n) is 3.09. The number of hydrogen-bond donors (Lipinski definition) is 1. The van der Waals surface area contributed by atoms with Crippen molar-refractivity contribution in [3.05, 3.63) is 27.9 Å². The number of H-pyrrole nitrogens is 1. The summed E-state index contributed by atoms with van der Waals surface area (Å²) < 4.78 is 10.6. The van der Waals surface area contributed by atoms with Crippen LogP contribution in [0.15, 0.2) is 6.07 Å². The minimum absolute atomic E-state index is 0.0929. The summed E-state index contributed by atoms with van der Waals surface area (Å²) in [5, 5.41) is 0.935. The number of aldehydes is 1. The molecule has 2 rings (SSSR count). The molecule has 0 bridgehead atoms. The average molecular weight is 310 g/mol. The lowest BCUT2D eigenvalue weighted by Crippen LogP contribution is -2.07. The Hall–Kier alpha value is -2.01. The van der Waals surface area contributed by atoms with Crippen LogP contribution in [0.3, 0.4) is 0 Å². The number of ether oxygens (including phenoxy) is 2. The van der Waals surface area contributed by atoms with Gasteiger partial charge in [0.1, 0.15) is 11.4 Å². The number of esters is 1. The molecular weight excluding hydrogens is 294 g/mol. The van der Waals surface area contributed by atoms with Crippen LogP contribution < -0.4 is 4.74 Å². The van der Waals surface area contributed by atoms with E-state index in [1.165, 1.54) is 0 Å². The number of aromatic amines is 1. The maximum Gasteiger partial charge on any atom is 0.355 e. The topological polar surface area (TPSA) is 68.4 Å². The molecule has 0 saturated carbocycles.